The van der Waals surface area contributed by atoms with Crippen molar-refractivity contribution in [2.45, 2.75) is 30.7 Å². The van der Waals surface area contributed by atoms with Crippen LogP contribution in [0.4, 0.5) is 0 Å². The zero-order valence-electron chi connectivity index (χ0n) is 8.85. The van der Waals surface area contributed by atoms with E-state index in [1.807, 2.05) is 0 Å². The van der Waals surface area contributed by atoms with E-state index in [1.165, 1.54) is 4.90 Å². The molecule has 2 aliphatic rings. The number of nitrogens with zero attached hydrogens (tertiary/aromatic N) is 1. The summed E-state index contributed by atoms with van der Waals surface area (Å²) >= 11 is 0. The monoisotopic (exact) mass is 228 g/mol. The zero-order chi connectivity index (χ0) is 11.9. The number of β-lactam (4-membered cyclic amide) rings is 1. The first-order chi connectivity index (χ1) is 7.48. The van der Waals surface area contributed by atoms with Crippen molar-refractivity contribution < 1.29 is 14.7 Å². The van der Waals surface area contributed by atoms with E-state index in [9.17, 15) is 14.7 Å². The van der Waals surface area contributed by atoms with Crippen LogP contribution in [0.15, 0.2) is 0 Å². The Labute approximate surface area is 92.8 Å². The Hall–Kier alpha value is -1.18. The summed E-state index contributed by atoms with van der Waals surface area (Å²) in [7, 11) is 0. The smallest absolute Gasteiger partial charge is 0.245 e. The van der Waals surface area contributed by atoms with Crippen LogP contribution in [-0.4, -0.2) is 52.7 Å². The Morgan fingerprint density at radius 2 is 2.31 bits per heavy atom. The molecule has 2 fully saturated rings. The van der Waals surface area contributed by atoms with Gasteiger partial charge in [-0.25, -0.2) is 0 Å². The van der Waals surface area contributed by atoms with Crippen molar-refractivity contribution in [3.05, 3.63) is 0 Å². The van der Waals surface area contributed by atoms with E-state index in [0.717, 1.165) is 19.4 Å². The largest absolute Gasteiger partial charge is 0.376 e. The molecule has 2 rings (SSSR count). The van der Waals surface area contributed by atoms with Crippen molar-refractivity contribution in [1.82, 2.24) is 10.2 Å². The molecular formula is C9H16N4O3. The summed E-state index contributed by atoms with van der Waals surface area (Å²) in [5.41, 5.74) is 9.80. The second-order valence-electron chi connectivity index (χ2n) is 4.38. The molecule has 0 bridgehead atoms. The van der Waals surface area contributed by atoms with E-state index in [4.69, 9.17) is 11.5 Å². The molecule has 16 heavy (non-hydrogen) atoms. The Bertz CT molecular complexity index is 325. The van der Waals surface area contributed by atoms with Crippen LogP contribution in [-0.2, 0) is 9.59 Å². The van der Waals surface area contributed by atoms with Gasteiger partial charge in [-0.2, -0.15) is 0 Å². The van der Waals surface area contributed by atoms with Gasteiger partial charge in [0.15, 0.2) is 0 Å². The molecule has 0 aromatic carbocycles. The van der Waals surface area contributed by atoms with Crippen LogP contribution < -0.4 is 16.8 Å². The van der Waals surface area contributed by atoms with E-state index in [-0.39, 0.29) is 5.91 Å². The lowest BCUT2D eigenvalue weighted by atomic mass is 9.85. The summed E-state index contributed by atoms with van der Waals surface area (Å²) in [6, 6.07) is -1.12. The summed E-state index contributed by atoms with van der Waals surface area (Å²) in [6.45, 7) is 1.18. The summed E-state index contributed by atoms with van der Waals surface area (Å²) in [4.78, 5) is 24.3. The number of hydrogen-bond acceptors (Lipinski definition) is 5. The average Bonchev–Trinajstić information content (AvgIpc) is 2.67. The van der Waals surface area contributed by atoms with Gasteiger partial charge >= 0.3 is 0 Å². The zero-order valence-corrected chi connectivity index (χ0v) is 8.85. The minimum absolute atomic E-state index is 0.196. The highest BCUT2D eigenvalue weighted by atomic mass is 16.3. The fourth-order valence-corrected chi connectivity index (χ4v) is 2.47. The van der Waals surface area contributed by atoms with Gasteiger partial charge in [-0.15, -0.1) is 0 Å². The molecule has 7 heteroatoms. The van der Waals surface area contributed by atoms with Crippen LogP contribution >= 0.6 is 0 Å². The molecule has 90 valence electrons. The van der Waals surface area contributed by atoms with Crippen LogP contribution in [0.25, 0.3) is 0 Å². The third-order valence-electron chi connectivity index (χ3n) is 3.31. The topological polar surface area (TPSA) is 122 Å². The standard InChI is InChI=1S/C9H16N4O3/c10-6(14)5(7(11)15)13-4-9(8(13)16)2-1-3-12-9/h5-6,12,14H,1-4,10H2,(H2,11,15). The third kappa shape index (κ3) is 1.48. The lowest BCUT2D eigenvalue weighted by molar-refractivity contribution is -0.163. The van der Waals surface area contributed by atoms with Crippen molar-refractivity contribution in [2.24, 2.45) is 11.5 Å². The quantitative estimate of drug-likeness (QED) is 0.304. The molecule has 6 N–H and O–H groups in total. The molecule has 2 heterocycles. The number of likely N-dealkylation sites (tertiary alicyclic amines) is 1. The Morgan fingerprint density at radius 3 is 2.69 bits per heavy atom. The van der Waals surface area contributed by atoms with Crippen LogP contribution in [0, 0.1) is 0 Å². The number of amides is 2. The molecule has 0 radical (unpaired) electrons. The predicted molar refractivity (Wildman–Crippen MR) is 54.9 cm³/mol. The first-order valence-electron chi connectivity index (χ1n) is 5.27. The normalized spacial score (nSPS) is 32.6. The van der Waals surface area contributed by atoms with Crippen LogP contribution in [0.5, 0.6) is 0 Å². The average molecular weight is 228 g/mol. The number of primary amides is 1. The number of nitrogens with one attached hydrogen (secondary N) is 1. The molecule has 3 atom stereocenters. The van der Waals surface area contributed by atoms with Gasteiger partial charge in [0.25, 0.3) is 0 Å². The number of aliphatic hydroxyl groups excluding tert-OH is 1. The Balaban J connectivity index is 2.08. The molecule has 0 saturated carbocycles. The van der Waals surface area contributed by atoms with Gasteiger partial charge in [-0.1, -0.05) is 0 Å². The number of carbonyl (C=O) groups is 2. The number of nitrogens with two attached hydrogens (primary N) is 2. The molecule has 1 spiro atoms. The molecule has 2 amide bonds. The maximum Gasteiger partial charge on any atom is 0.245 e. The lowest BCUT2D eigenvalue weighted by Gasteiger charge is -2.49. The summed E-state index contributed by atoms with van der Waals surface area (Å²) in [6.07, 6.45) is 0.265. The summed E-state index contributed by atoms with van der Waals surface area (Å²) in [5, 5.41) is 12.3. The third-order valence-corrected chi connectivity index (χ3v) is 3.31. The second-order valence-corrected chi connectivity index (χ2v) is 4.38. The van der Waals surface area contributed by atoms with E-state index in [2.05, 4.69) is 5.32 Å². The van der Waals surface area contributed by atoms with Gasteiger partial charge in [-0.05, 0) is 19.4 Å². The molecule has 2 aliphatic heterocycles. The highest BCUT2D eigenvalue weighted by molar-refractivity contribution is 5.97. The first-order valence-corrected chi connectivity index (χ1v) is 5.27. The highest BCUT2D eigenvalue weighted by Gasteiger charge is 2.56. The second kappa shape index (κ2) is 3.69. The Morgan fingerprint density at radius 1 is 1.62 bits per heavy atom. The molecule has 3 unspecified atom stereocenters. The van der Waals surface area contributed by atoms with Crippen molar-refractivity contribution >= 4 is 11.8 Å². The SMILES string of the molecule is NC(=O)C(C(N)O)N1CC2(CCCN2)C1=O. The Kier molecular flexibility index (Phi) is 2.61. The maximum absolute atomic E-state index is 11.9. The van der Waals surface area contributed by atoms with E-state index >= 15 is 0 Å². The van der Waals surface area contributed by atoms with Gasteiger partial charge in [0, 0.05) is 6.54 Å². The van der Waals surface area contributed by atoms with Crippen LogP contribution in [0.1, 0.15) is 12.8 Å². The van der Waals surface area contributed by atoms with Crippen LogP contribution in [0.2, 0.25) is 0 Å². The molecular weight excluding hydrogens is 212 g/mol. The first kappa shape index (κ1) is 11.3. The summed E-state index contributed by atoms with van der Waals surface area (Å²) in [5.74, 6) is -0.977. The number of hydrogen-bond donors (Lipinski definition) is 4. The molecule has 0 aromatic heterocycles. The van der Waals surface area contributed by atoms with Crippen molar-refractivity contribution in [3.63, 3.8) is 0 Å². The number of aliphatic hydroxyl groups is 1. The minimum atomic E-state index is -1.43. The fourth-order valence-electron chi connectivity index (χ4n) is 2.47. The fraction of sp³-hybridized carbons (Fsp3) is 0.778. The van der Waals surface area contributed by atoms with Crippen molar-refractivity contribution in [2.75, 3.05) is 13.1 Å². The molecule has 2 saturated heterocycles. The number of carbonyl (C=O) groups excluding carboxylic acids is 2. The van der Waals surface area contributed by atoms with E-state index < -0.39 is 23.7 Å². The van der Waals surface area contributed by atoms with Gasteiger partial charge < -0.3 is 26.8 Å². The van der Waals surface area contributed by atoms with Gasteiger partial charge in [0.1, 0.15) is 17.8 Å². The highest BCUT2D eigenvalue weighted by Crippen LogP contribution is 2.33. The summed E-state index contributed by atoms with van der Waals surface area (Å²) < 4.78 is 0. The van der Waals surface area contributed by atoms with E-state index in [0.29, 0.717) is 6.54 Å². The predicted octanol–water partition coefficient (Wildman–Crippen LogP) is -2.92. The van der Waals surface area contributed by atoms with Crippen molar-refractivity contribution in [3.8, 4) is 0 Å². The number of rotatable bonds is 3. The minimum Gasteiger partial charge on any atom is -0.376 e. The molecule has 7 nitrogen and oxygen atoms in total. The lowest BCUT2D eigenvalue weighted by Crippen LogP contribution is -2.76. The van der Waals surface area contributed by atoms with Gasteiger partial charge in [-0.3, -0.25) is 9.59 Å². The van der Waals surface area contributed by atoms with E-state index in [1.54, 1.807) is 0 Å². The van der Waals surface area contributed by atoms with Crippen LogP contribution in [0.3, 0.4) is 0 Å². The van der Waals surface area contributed by atoms with Gasteiger partial charge in [0.2, 0.25) is 11.8 Å². The molecule has 0 aromatic rings. The maximum atomic E-state index is 11.9. The van der Waals surface area contributed by atoms with Gasteiger partial charge in [0.05, 0.1) is 0 Å². The van der Waals surface area contributed by atoms with Crippen molar-refractivity contribution in [1.29, 1.82) is 0 Å². The molecule has 0 aliphatic carbocycles.